The molecule has 60 valence electrons. The number of fused-ring (bicyclic) bond motifs is 1. The normalized spacial score (nSPS) is 15.1. The summed E-state index contributed by atoms with van der Waals surface area (Å²) in [5, 5.41) is 0.378. The SMILES string of the molecule is O=C1CC(=O)c2c(Cl)cccc21. The molecule has 2 rings (SSSR count). The van der Waals surface area contributed by atoms with Crippen LogP contribution in [0.5, 0.6) is 0 Å². The first-order valence-corrected chi connectivity index (χ1v) is 3.93. The van der Waals surface area contributed by atoms with Crippen molar-refractivity contribution in [2.75, 3.05) is 0 Å². The molecule has 0 heterocycles. The zero-order chi connectivity index (χ0) is 8.72. The molecule has 0 amide bonds. The Hall–Kier alpha value is -1.15. The van der Waals surface area contributed by atoms with Crippen LogP contribution in [0.15, 0.2) is 18.2 Å². The van der Waals surface area contributed by atoms with Gasteiger partial charge in [-0.25, -0.2) is 0 Å². The monoisotopic (exact) mass is 180 g/mol. The van der Waals surface area contributed by atoms with Gasteiger partial charge in [0, 0.05) is 11.1 Å². The molecule has 0 radical (unpaired) electrons. The lowest BCUT2D eigenvalue weighted by Gasteiger charge is -1.96. The summed E-state index contributed by atoms with van der Waals surface area (Å²) < 4.78 is 0. The number of benzene rings is 1. The Balaban J connectivity index is 2.75. The van der Waals surface area contributed by atoms with Crippen molar-refractivity contribution in [3.63, 3.8) is 0 Å². The Morgan fingerprint density at radius 3 is 2.58 bits per heavy atom. The van der Waals surface area contributed by atoms with Gasteiger partial charge in [0.05, 0.1) is 11.4 Å². The van der Waals surface area contributed by atoms with Crippen LogP contribution in [0.2, 0.25) is 5.02 Å². The van der Waals surface area contributed by atoms with Crippen molar-refractivity contribution >= 4 is 23.2 Å². The van der Waals surface area contributed by atoms with Gasteiger partial charge in [-0.15, -0.1) is 0 Å². The van der Waals surface area contributed by atoms with Crippen molar-refractivity contribution < 1.29 is 9.59 Å². The van der Waals surface area contributed by atoms with Crippen molar-refractivity contribution in [3.8, 4) is 0 Å². The molecule has 1 aromatic carbocycles. The molecule has 0 aromatic heterocycles. The minimum absolute atomic E-state index is 0.0287. The summed E-state index contributed by atoms with van der Waals surface area (Å²) in [5.41, 5.74) is 0.858. The first-order valence-electron chi connectivity index (χ1n) is 3.55. The minimum atomic E-state index is -0.166. The predicted octanol–water partition coefficient (Wildman–Crippen LogP) is 2.11. The molecule has 1 aliphatic rings. The molecule has 0 unspecified atom stereocenters. The Bertz CT molecular complexity index is 382. The molecule has 0 bridgehead atoms. The molecule has 0 saturated carbocycles. The third-order valence-electron chi connectivity index (χ3n) is 1.91. The van der Waals surface area contributed by atoms with Crippen LogP contribution in [0.1, 0.15) is 27.1 Å². The number of rotatable bonds is 0. The van der Waals surface area contributed by atoms with E-state index in [1.165, 1.54) is 0 Å². The summed E-state index contributed by atoms with van der Waals surface area (Å²) in [5.74, 6) is -0.293. The third kappa shape index (κ3) is 0.883. The first-order chi connectivity index (χ1) is 5.70. The molecule has 0 N–H and O–H groups in total. The maximum Gasteiger partial charge on any atom is 0.172 e. The van der Waals surface area contributed by atoms with Crippen LogP contribution in [-0.4, -0.2) is 11.6 Å². The number of halogens is 1. The number of Topliss-reactive ketones (excluding diaryl/α,β-unsaturated/α-hetero) is 2. The molecule has 0 spiro atoms. The second-order valence-electron chi connectivity index (χ2n) is 2.69. The summed E-state index contributed by atoms with van der Waals surface area (Å²) in [4.78, 5) is 22.3. The molecule has 0 aliphatic heterocycles. The Labute approximate surface area is 74.1 Å². The summed E-state index contributed by atoms with van der Waals surface area (Å²) in [7, 11) is 0. The standard InChI is InChI=1S/C9H5ClO2/c10-6-3-1-2-5-7(11)4-8(12)9(5)6/h1-3H,4H2. The van der Waals surface area contributed by atoms with E-state index in [1.807, 2.05) is 0 Å². The van der Waals surface area contributed by atoms with Crippen LogP contribution in [0.3, 0.4) is 0 Å². The van der Waals surface area contributed by atoms with E-state index in [1.54, 1.807) is 18.2 Å². The van der Waals surface area contributed by atoms with E-state index >= 15 is 0 Å². The number of hydrogen-bond acceptors (Lipinski definition) is 2. The number of carbonyl (C=O) groups excluding carboxylic acids is 2. The molecule has 0 atom stereocenters. The van der Waals surface area contributed by atoms with Gasteiger partial charge >= 0.3 is 0 Å². The van der Waals surface area contributed by atoms with Crippen LogP contribution >= 0.6 is 11.6 Å². The summed E-state index contributed by atoms with van der Waals surface area (Å²) in [6, 6.07) is 4.93. The number of carbonyl (C=O) groups is 2. The average Bonchev–Trinajstić information content (AvgIpc) is 2.29. The predicted molar refractivity (Wildman–Crippen MR) is 44.7 cm³/mol. The topological polar surface area (TPSA) is 34.1 Å². The second kappa shape index (κ2) is 2.42. The fourth-order valence-corrected chi connectivity index (χ4v) is 1.65. The molecule has 0 fully saturated rings. The van der Waals surface area contributed by atoms with E-state index in [0.29, 0.717) is 16.1 Å². The maximum atomic E-state index is 11.2. The highest BCUT2D eigenvalue weighted by Crippen LogP contribution is 2.28. The Morgan fingerprint density at radius 1 is 1.17 bits per heavy atom. The van der Waals surface area contributed by atoms with Gasteiger partial charge < -0.3 is 0 Å². The van der Waals surface area contributed by atoms with Crippen LogP contribution in [0, 0.1) is 0 Å². The fourth-order valence-electron chi connectivity index (χ4n) is 1.37. The quantitative estimate of drug-likeness (QED) is 0.573. The van der Waals surface area contributed by atoms with E-state index in [4.69, 9.17) is 11.6 Å². The van der Waals surface area contributed by atoms with Gasteiger partial charge in [0.25, 0.3) is 0 Å². The molecule has 12 heavy (non-hydrogen) atoms. The van der Waals surface area contributed by atoms with E-state index in [0.717, 1.165) is 0 Å². The van der Waals surface area contributed by atoms with Crippen LogP contribution in [-0.2, 0) is 0 Å². The smallest absolute Gasteiger partial charge is 0.172 e. The summed E-state index contributed by atoms with van der Waals surface area (Å²) in [6.07, 6.45) is -0.0287. The van der Waals surface area contributed by atoms with Crippen molar-refractivity contribution in [3.05, 3.63) is 34.3 Å². The highest BCUT2D eigenvalue weighted by Gasteiger charge is 2.28. The molecule has 2 nitrogen and oxygen atoms in total. The van der Waals surface area contributed by atoms with E-state index in [2.05, 4.69) is 0 Å². The van der Waals surface area contributed by atoms with Gasteiger partial charge in [-0.1, -0.05) is 23.7 Å². The van der Waals surface area contributed by atoms with E-state index < -0.39 is 0 Å². The average molecular weight is 181 g/mol. The van der Waals surface area contributed by atoms with Gasteiger partial charge in [0.1, 0.15) is 0 Å². The van der Waals surface area contributed by atoms with Crippen LogP contribution < -0.4 is 0 Å². The first kappa shape index (κ1) is 7.50. The zero-order valence-corrected chi connectivity index (χ0v) is 6.89. The van der Waals surface area contributed by atoms with Crippen molar-refractivity contribution in [2.45, 2.75) is 6.42 Å². The van der Waals surface area contributed by atoms with E-state index in [-0.39, 0.29) is 18.0 Å². The molecule has 1 aliphatic carbocycles. The lowest BCUT2D eigenvalue weighted by molar-refractivity contribution is 0.0923. The highest BCUT2D eigenvalue weighted by atomic mass is 35.5. The van der Waals surface area contributed by atoms with Crippen molar-refractivity contribution in [1.82, 2.24) is 0 Å². The van der Waals surface area contributed by atoms with Crippen LogP contribution in [0.4, 0.5) is 0 Å². The van der Waals surface area contributed by atoms with Gasteiger partial charge in [-0.2, -0.15) is 0 Å². The van der Waals surface area contributed by atoms with Crippen molar-refractivity contribution in [2.24, 2.45) is 0 Å². The Morgan fingerprint density at radius 2 is 1.92 bits per heavy atom. The van der Waals surface area contributed by atoms with Crippen molar-refractivity contribution in [1.29, 1.82) is 0 Å². The Kier molecular flexibility index (Phi) is 1.51. The molecule has 1 aromatic rings. The third-order valence-corrected chi connectivity index (χ3v) is 2.23. The van der Waals surface area contributed by atoms with E-state index in [9.17, 15) is 9.59 Å². The second-order valence-corrected chi connectivity index (χ2v) is 3.09. The molecule has 3 heteroatoms. The largest absolute Gasteiger partial charge is 0.294 e. The maximum absolute atomic E-state index is 11.2. The number of ketones is 2. The zero-order valence-electron chi connectivity index (χ0n) is 6.13. The summed E-state index contributed by atoms with van der Waals surface area (Å²) in [6.45, 7) is 0. The van der Waals surface area contributed by atoms with Gasteiger partial charge in [0.15, 0.2) is 11.6 Å². The van der Waals surface area contributed by atoms with Crippen LogP contribution in [0.25, 0.3) is 0 Å². The minimum Gasteiger partial charge on any atom is -0.294 e. The molecule has 0 saturated heterocycles. The summed E-state index contributed by atoms with van der Waals surface area (Å²) >= 11 is 5.76. The van der Waals surface area contributed by atoms with Gasteiger partial charge in [-0.3, -0.25) is 9.59 Å². The number of hydrogen-bond donors (Lipinski definition) is 0. The molecular weight excluding hydrogens is 176 g/mol. The van der Waals surface area contributed by atoms with Gasteiger partial charge in [-0.05, 0) is 6.07 Å². The fraction of sp³-hybridized carbons (Fsp3) is 0.111. The van der Waals surface area contributed by atoms with Gasteiger partial charge in [0.2, 0.25) is 0 Å². The lowest BCUT2D eigenvalue weighted by Crippen LogP contribution is -1.91. The molecular formula is C9H5ClO2. The lowest BCUT2D eigenvalue weighted by atomic mass is 10.1. The highest BCUT2D eigenvalue weighted by molar-refractivity contribution is 6.38.